The fraction of sp³-hybridized carbons (Fsp3) is 0.190. The third kappa shape index (κ3) is 4.88. The number of nitro benzene ring substituents is 1. The summed E-state index contributed by atoms with van der Waals surface area (Å²) < 4.78 is 0. The number of rotatable bonds is 8. The molecule has 0 aliphatic rings. The van der Waals surface area contributed by atoms with E-state index >= 15 is 0 Å². The van der Waals surface area contributed by atoms with Gasteiger partial charge in [-0.25, -0.2) is 5.43 Å². The zero-order valence-corrected chi connectivity index (χ0v) is 16.7. The van der Waals surface area contributed by atoms with Crippen LogP contribution in [-0.2, 0) is 0 Å². The number of amides is 1. The lowest BCUT2D eigenvalue weighted by Gasteiger charge is -2.20. The molecule has 0 aliphatic carbocycles. The van der Waals surface area contributed by atoms with Crippen LogP contribution >= 0.6 is 0 Å². The second-order valence-electron chi connectivity index (χ2n) is 6.44. The molecule has 1 heterocycles. The molecule has 0 bridgehead atoms. The summed E-state index contributed by atoms with van der Waals surface area (Å²) >= 11 is 0. The fourth-order valence-electron chi connectivity index (χ4n) is 2.95. The Morgan fingerprint density at radius 2 is 1.93 bits per heavy atom. The van der Waals surface area contributed by atoms with Crippen molar-refractivity contribution in [2.45, 2.75) is 13.8 Å². The number of non-ortho nitro benzene ring substituents is 1. The number of H-pyrrole nitrogens is 1. The number of aromatic amines is 1. The van der Waals surface area contributed by atoms with E-state index in [4.69, 9.17) is 0 Å². The maximum absolute atomic E-state index is 12.3. The van der Waals surface area contributed by atoms with Gasteiger partial charge in [0.2, 0.25) is 0 Å². The van der Waals surface area contributed by atoms with Crippen LogP contribution in [0.15, 0.2) is 59.7 Å². The lowest BCUT2D eigenvalue weighted by atomic mass is 10.1. The average Bonchev–Trinajstić information content (AvgIpc) is 3.26. The number of carbonyl (C=O) groups excluding carboxylic acids is 1. The molecular formula is C21H22N6O3. The molecule has 2 N–H and O–H groups in total. The molecule has 3 rings (SSSR count). The Morgan fingerprint density at radius 1 is 1.20 bits per heavy atom. The van der Waals surface area contributed by atoms with Gasteiger partial charge in [-0.3, -0.25) is 20.0 Å². The molecule has 0 unspecified atom stereocenters. The number of aromatic nitrogens is 2. The highest BCUT2D eigenvalue weighted by Crippen LogP contribution is 2.22. The van der Waals surface area contributed by atoms with Gasteiger partial charge in [-0.05, 0) is 37.6 Å². The van der Waals surface area contributed by atoms with Gasteiger partial charge < -0.3 is 4.90 Å². The van der Waals surface area contributed by atoms with Crippen molar-refractivity contribution in [2.24, 2.45) is 5.10 Å². The molecule has 0 spiro atoms. The predicted molar refractivity (Wildman–Crippen MR) is 116 cm³/mol. The highest BCUT2D eigenvalue weighted by atomic mass is 16.6. The zero-order chi connectivity index (χ0) is 21.5. The quantitative estimate of drug-likeness (QED) is 0.337. The normalized spacial score (nSPS) is 10.9. The summed E-state index contributed by atoms with van der Waals surface area (Å²) in [5.74, 6) is -0.463. The number of hydrazone groups is 1. The number of hydrogen-bond donors (Lipinski definition) is 2. The van der Waals surface area contributed by atoms with E-state index in [9.17, 15) is 14.9 Å². The molecule has 9 heteroatoms. The average molecular weight is 406 g/mol. The van der Waals surface area contributed by atoms with E-state index in [1.165, 1.54) is 18.2 Å². The van der Waals surface area contributed by atoms with Gasteiger partial charge >= 0.3 is 0 Å². The van der Waals surface area contributed by atoms with E-state index in [1.54, 1.807) is 18.3 Å². The molecule has 0 saturated heterocycles. The van der Waals surface area contributed by atoms with Gasteiger partial charge in [0, 0.05) is 36.5 Å². The second-order valence-corrected chi connectivity index (χ2v) is 6.44. The van der Waals surface area contributed by atoms with E-state index in [2.05, 4.69) is 39.5 Å². The molecule has 30 heavy (non-hydrogen) atoms. The summed E-state index contributed by atoms with van der Waals surface area (Å²) in [6.07, 6.45) is 1.56. The van der Waals surface area contributed by atoms with Crippen molar-refractivity contribution in [3.05, 3.63) is 76.0 Å². The first-order valence-electron chi connectivity index (χ1n) is 9.50. The third-order valence-corrected chi connectivity index (χ3v) is 4.58. The molecular weight excluding hydrogens is 384 g/mol. The topological polar surface area (TPSA) is 117 Å². The van der Waals surface area contributed by atoms with Crippen LogP contribution in [0.3, 0.4) is 0 Å². The van der Waals surface area contributed by atoms with Crippen LogP contribution in [0.1, 0.15) is 29.9 Å². The summed E-state index contributed by atoms with van der Waals surface area (Å²) in [5, 5.41) is 21.6. The van der Waals surface area contributed by atoms with E-state index in [0.717, 1.165) is 24.3 Å². The molecule has 9 nitrogen and oxygen atoms in total. The minimum atomic E-state index is -0.479. The van der Waals surface area contributed by atoms with E-state index in [1.807, 2.05) is 24.3 Å². The third-order valence-electron chi connectivity index (χ3n) is 4.58. The molecule has 2 aromatic carbocycles. The van der Waals surface area contributed by atoms with Gasteiger partial charge in [-0.15, -0.1) is 0 Å². The van der Waals surface area contributed by atoms with Crippen molar-refractivity contribution < 1.29 is 9.72 Å². The van der Waals surface area contributed by atoms with Gasteiger partial charge in [-0.2, -0.15) is 10.2 Å². The maximum Gasteiger partial charge on any atom is 0.289 e. The summed E-state index contributed by atoms with van der Waals surface area (Å²) in [4.78, 5) is 24.9. The lowest BCUT2D eigenvalue weighted by molar-refractivity contribution is -0.384. The number of nitrogens with one attached hydrogen (secondary N) is 2. The summed E-state index contributed by atoms with van der Waals surface area (Å²) in [7, 11) is 0. The molecule has 0 atom stereocenters. The summed E-state index contributed by atoms with van der Waals surface area (Å²) in [6.45, 7) is 6.08. The Labute approximate surface area is 173 Å². The van der Waals surface area contributed by atoms with Gasteiger partial charge in [0.1, 0.15) is 5.69 Å². The van der Waals surface area contributed by atoms with Crippen molar-refractivity contribution in [1.82, 2.24) is 15.6 Å². The van der Waals surface area contributed by atoms with E-state index < -0.39 is 10.8 Å². The molecule has 0 fully saturated rings. The van der Waals surface area contributed by atoms with Gasteiger partial charge in [0.15, 0.2) is 0 Å². The lowest BCUT2D eigenvalue weighted by Crippen LogP contribution is -2.21. The highest BCUT2D eigenvalue weighted by Gasteiger charge is 2.13. The van der Waals surface area contributed by atoms with Crippen molar-refractivity contribution >= 4 is 23.5 Å². The van der Waals surface area contributed by atoms with Crippen LogP contribution in [0, 0.1) is 10.1 Å². The van der Waals surface area contributed by atoms with Crippen LogP contribution in [0.25, 0.3) is 11.3 Å². The Kier molecular flexibility index (Phi) is 6.53. The Morgan fingerprint density at radius 3 is 2.60 bits per heavy atom. The minimum Gasteiger partial charge on any atom is -0.372 e. The smallest absolute Gasteiger partial charge is 0.289 e. The van der Waals surface area contributed by atoms with Crippen LogP contribution in [-0.4, -0.2) is 40.3 Å². The van der Waals surface area contributed by atoms with Crippen LogP contribution in [0.2, 0.25) is 0 Å². The number of nitro groups is 1. The standard InChI is InChI=1S/C21H22N6O3/c1-3-26(4-2)17-10-8-15(9-11-17)14-22-25-21(28)20-13-19(23-24-20)16-6-5-7-18(12-16)27(29)30/h5-14H,3-4H2,1-2H3,(H,23,24)(H,25,28)/b22-14+. The van der Waals surface area contributed by atoms with Gasteiger partial charge in [0.05, 0.1) is 16.8 Å². The molecule has 1 aromatic heterocycles. The van der Waals surface area contributed by atoms with Crippen LogP contribution in [0.5, 0.6) is 0 Å². The number of benzene rings is 2. The zero-order valence-electron chi connectivity index (χ0n) is 16.7. The van der Waals surface area contributed by atoms with Crippen molar-refractivity contribution in [2.75, 3.05) is 18.0 Å². The SMILES string of the molecule is CCN(CC)c1ccc(/C=N/NC(=O)c2cc(-c3cccc([N+](=O)[O-])c3)n[nH]2)cc1. The Bertz CT molecular complexity index is 1050. The van der Waals surface area contributed by atoms with Gasteiger partial charge in [-0.1, -0.05) is 24.3 Å². The molecule has 0 aliphatic heterocycles. The number of anilines is 1. The van der Waals surface area contributed by atoms with Crippen molar-refractivity contribution in [3.8, 4) is 11.3 Å². The monoisotopic (exact) mass is 406 g/mol. The molecule has 0 radical (unpaired) electrons. The predicted octanol–water partition coefficient (Wildman–Crippen LogP) is 3.60. The minimum absolute atomic E-state index is 0.0434. The largest absolute Gasteiger partial charge is 0.372 e. The van der Waals surface area contributed by atoms with E-state index in [-0.39, 0.29) is 11.4 Å². The van der Waals surface area contributed by atoms with Gasteiger partial charge in [0.25, 0.3) is 11.6 Å². The van der Waals surface area contributed by atoms with Crippen molar-refractivity contribution in [3.63, 3.8) is 0 Å². The van der Waals surface area contributed by atoms with Crippen molar-refractivity contribution in [1.29, 1.82) is 0 Å². The molecule has 154 valence electrons. The summed E-state index contributed by atoms with van der Waals surface area (Å²) in [5.41, 5.74) is 5.55. The van der Waals surface area contributed by atoms with Crippen LogP contribution < -0.4 is 10.3 Å². The maximum atomic E-state index is 12.3. The first-order valence-corrected chi connectivity index (χ1v) is 9.50. The molecule has 0 saturated carbocycles. The Hall–Kier alpha value is -4.01. The molecule has 3 aromatic rings. The highest BCUT2D eigenvalue weighted by molar-refractivity contribution is 5.94. The van der Waals surface area contributed by atoms with Crippen LogP contribution in [0.4, 0.5) is 11.4 Å². The Balaban J connectivity index is 1.63. The number of nitrogens with zero attached hydrogens (tertiary/aromatic N) is 4. The second kappa shape index (κ2) is 9.46. The number of carbonyl (C=O) groups is 1. The first-order chi connectivity index (χ1) is 14.5. The number of hydrogen-bond acceptors (Lipinski definition) is 6. The fourth-order valence-corrected chi connectivity index (χ4v) is 2.95. The van der Waals surface area contributed by atoms with E-state index in [0.29, 0.717) is 11.3 Å². The summed E-state index contributed by atoms with van der Waals surface area (Å²) in [6, 6.07) is 15.4. The first kappa shape index (κ1) is 20.7. The molecule has 1 amide bonds.